The number of hydrogen-bond acceptors (Lipinski definition) is 4. The second-order valence-electron chi connectivity index (χ2n) is 7.67. The van der Waals surface area contributed by atoms with Crippen molar-refractivity contribution in [2.75, 3.05) is 12.4 Å². The molecule has 4 rings (SSSR count). The number of fused-ring (bicyclic) bond motifs is 1. The molecule has 2 aromatic carbocycles. The minimum Gasteiger partial charge on any atom is -0.495 e. The van der Waals surface area contributed by atoms with Gasteiger partial charge in [0.15, 0.2) is 5.65 Å². The summed E-state index contributed by atoms with van der Waals surface area (Å²) in [7, 11) is 1.51. The molecule has 32 heavy (non-hydrogen) atoms. The van der Waals surface area contributed by atoms with Gasteiger partial charge in [0.1, 0.15) is 12.3 Å². The Kier molecular flexibility index (Phi) is 5.76. The molecule has 0 radical (unpaired) electrons. The van der Waals surface area contributed by atoms with Crippen molar-refractivity contribution in [3.63, 3.8) is 0 Å². The largest absolute Gasteiger partial charge is 0.495 e. The number of aryl methyl sites for hydroxylation is 3. The van der Waals surface area contributed by atoms with Gasteiger partial charge in [0.25, 0.3) is 5.56 Å². The maximum atomic E-state index is 13.2. The van der Waals surface area contributed by atoms with Crippen molar-refractivity contribution >= 4 is 34.2 Å². The van der Waals surface area contributed by atoms with E-state index in [9.17, 15) is 9.59 Å². The molecule has 0 unspecified atom stereocenters. The van der Waals surface area contributed by atoms with Crippen LogP contribution in [0.2, 0.25) is 5.02 Å². The van der Waals surface area contributed by atoms with Gasteiger partial charge in [0.2, 0.25) is 5.91 Å². The van der Waals surface area contributed by atoms with Crippen LogP contribution in [0, 0.1) is 20.8 Å². The van der Waals surface area contributed by atoms with Crippen LogP contribution < -0.4 is 15.6 Å². The van der Waals surface area contributed by atoms with Crippen molar-refractivity contribution in [3.8, 4) is 11.4 Å². The molecule has 0 aliphatic heterocycles. The number of halogens is 1. The van der Waals surface area contributed by atoms with Crippen LogP contribution in [0.1, 0.15) is 16.7 Å². The summed E-state index contributed by atoms with van der Waals surface area (Å²) < 4.78 is 8.43. The fraction of sp³-hybridized carbons (Fsp3) is 0.208. The third-order valence-corrected chi connectivity index (χ3v) is 5.89. The molecule has 0 spiro atoms. The number of nitrogens with zero attached hydrogens (tertiary/aromatic N) is 3. The zero-order valence-corrected chi connectivity index (χ0v) is 19.0. The quantitative estimate of drug-likeness (QED) is 0.488. The van der Waals surface area contributed by atoms with E-state index in [0.29, 0.717) is 33.2 Å². The Bertz CT molecular complexity index is 1400. The van der Waals surface area contributed by atoms with Crippen LogP contribution in [-0.2, 0) is 11.3 Å². The Morgan fingerprint density at radius 3 is 2.59 bits per heavy atom. The summed E-state index contributed by atoms with van der Waals surface area (Å²) in [5.41, 5.74) is 4.35. The predicted octanol–water partition coefficient (Wildman–Crippen LogP) is 4.41. The third kappa shape index (κ3) is 3.87. The number of anilines is 1. The number of hydrogen-bond donors (Lipinski definition) is 1. The molecule has 164 valence electrons. The molecule has 0 saturated heterocycles. The Morgan fingerprint density at radius 2 is 1.88 bits per heavy atom. The van der Waals surface area contributed by atoms with Gasteiger partial charge in [-0.1, -0.05) is 17.7 Å². The number of ether oxygens (including phenoxy) is 1. The summed E-state index contributed by atoms with van der Waals surface area (Å²) in [5, 5.41) is 3.85. The molecular formula is C24H23ClN4O3. The van der Waals surface area contributed by atoms with Gasteiger partial charge in [-0.15, -0.1) is 0 Å². The number of benzene rings is 2. The van der Waals surface area contributed by atoms with Gasteiger partial charge in [-0.05, 0) is 67.8 Å². The third-order valence-electron chi connectivity index (χ3n) is 5.48. The fourth-order valence-corrected chi connectivity index (χ4v) is 3.76. The molecule has 0 aliphatic rings. The SMILES string of the molecule is COc1cc(Cl)c(C)cc1NC(=O)Cn1c2ncccc2c(=O)n1-c1ccc(C)c(C)c1. The fourth-order valence-electron chi connectivity index (χ4n) is 3.60. The minimum absolute atomic E-state index is 0.118. The molecule has 7 nitrogen and oxygen atoms in total. The van der Waals surface area contributed by atoms with Gasteiger partial charge in [-0.3, -0.25) is 14.3 Å². The van der Waals surface area contributed by atoms with E-state index in [1.54, 1.807) is 35.1 Å². The van der Waals surface area contributed by atoms with Crippen LogP contribution in [0.15, 0.2) is 53.5 Å². The minimum atomic E-state index is -0.329. The molecule has 2 aromatic heterocycles. The lowest BCUT2D eigenvalue weighted by molar-refractivity contribution is -0.117. The molecular weight excluding hydrogens is 428 g/mol. The van der Waals surface area contributed by atoms with E-state index < -0.39 is 0 Å². The van der Waals surface area contributed by atoms with E-state index in [0.717, 1.165) is 16.7 Å². The monoisotopic (exact) mass is 450 g/mol. The number of pyridine rings is 1. The standard InChI is InChI=1S/C24H23ClN4O3/c1-14-7-8-17(10-15(14)2)29-24(31)18-6-5-9-26-23(18)28(29)13-22(30)27-20-11-16(3)19(25)12-21(20)32-4/h5-12H,13H2,1-4H3,(H,27,30). The first kappa shape index (κ1) is 21.6. The molecule has 0 fully saturated rings. The normalized spacial score (nSPS) is 11.0. The van der Waals surface area contributed by atoms with Crippen LogP contribution in [0.3, 0.4) is 0 Å². The molecule has 0 atom stereocenters. The molecule has 2 heterocycles. The molecule has 4 aromatic rings. The van der Waals surface area contributed by atoms with Crippen molar-refractivity contribution in [2.45, 2.75) is 27.3 Å². The van der Waals surface area contributed by atoms with E-state index in [4.69, 9.17) is 16.3 Å². The van der Waals surface area contributed by atoms with Crippen LogP contribution in [0.25, 0.3) is 16.7 Å². The maximum absolute atomic E-state index is 13.2. The van der Waals surface area contributed by atoms with Gasteiger partial charge in [0.05, 0.1) is 23.9 Å². The zero-order chi connectivity index (χ0) is 23.0. The number of carbonyl (C=O) groups is 1. The topological polar surface area (TPSA) is 78.2 Å². The first-order valence-electron chi connectivity index (χ1n) is 10.1. The smallest absolute Gasteiger partial charge is 0.280 e. The van der Waals surface area contributed by atoms with Crippen LogP contribution >= 0.6 is 11.6 Å². The van der Waals surface area contributed by atoms with Gasteiger partial charge in [0, 0.05) is 17.3 Å². The van der Waals surface area contributed by atoms with E-state index in [1.165, 1.54) is 11.8 Å². The molecule has 0 aliphatic carbocycles. The summed E-state index contributed by atoms with van der Waals surface area (Å²) in [6, 6.07) is 12.6. The Hall–Kier alpha value is -3.58. The lowest BCUT2D eigenvalue weighted by Gasteiger charge is -2.15. The highest BCUT2D eigenvalue weighted by Gasteiger charge is 2.19. The Morgan fingerprint density at radius 1 is 1.09 bits per heavy atom. The number of methoxy groups -OCH3 is 1. The Labute approximate surface area is 190 Å². The first-order valence-corrected chi connectivity index (χ1v) is 10.5. The van der Waals surface area contributed by atoms with Crippen molar-refractivity contribution < 1.29 is 9.53 Å². The molecule has 8 heteroatoms. The second-order valence-corrected chi connectivity index (χ2v) is 8.07. The first-order chi connectivity index (χ1) is 15.3. The number of aromatic nitrogens is 3. The average molecular weight is 451 g/mol. The number of carbonyl (C=O) groups excluding carboxylic acids is 1. The highest BCUT2D eigenvalue weighted by atomic mass is 35.5. The summed E-state index contributed by atoms with van der Waals surface area (Å²) in [5.74, 6) is 0.126. The second kappa shape index (κ2) is 8.51. The zero-order valence-electron chi connectivity index (χ0n) is 18.3. The van der Waals surface area contributed by atoms with E-state index in [-0.39, 0.29) is 18.0 Å². The highest BCUT2D eigenvalue weighted by Crippen LogP contribution is 2.31. The van der Waals surface area contributed by atoms with Crippen molar-refractivity contribution in [3.05, 3.63) is 80.7 Å². The van der Waals surface area contributed by atoms with Crippen molar-refractivity contribution in [1.29, 1.82) is 0 Å². The van der Waals surface area contributed by atoms with Gasteiger partial charge in [-0.2, -0.15) is 0 Å². The summed E-state index contributed by atoms with van der Waals surface area (Å²) in [6.07, 6.45) is 1.60. The highest BCUT2D eigenvalue weighted by molar-refractivity contribution is 6.31. The lowest BCUT2D eigenvalue weighted by atomic mass is 10.1. The molecule has 1 amide bonds. The van der Waals surface area contributed by atoms with E-state index in [2.05, 4.69) is 10.3 Å². The van der Waals surface area contributed by atoms with Gasteiger partial charge in [-0.25, -0.2) is 9.67 Å². The average Bonchev–Trinajstić information content (AvgIpc) is 3.04. The summed E-state index contributed by atoms with van der Waals surface area (Å²) >= 11 is 6.17. The predicted molar refractivity (Wildman–Crippen MR) is 126 cm³/mol. The van der Waals surface area contributed by atoms with Gasteiger partial charge < -0.3 is 10.1 Å². The molecule has 1 N–H and O–H groups in total. The lowest BCUT2D eigenvalue weighted by Crippen LogP contribution is -2.27. The van der Waals surface area contributed by atoms with Crippen LogP contribution in [0.4, 0.5) is 5.69 Å². The van der Waals surface area contributed by atoms with E-state index >= 15 is 0 Å². The van der Waals surface area contributed by atoms with Gasteiger partial charge >= 0.3 is 0 Å². The van der Waals surface area contributed by atoms with E-state index in [1.807, 2.05) is 39.0 Å². The summed E-state index contributed by atoms with van der Waals surface area (Å²) in [4.78, 5) is 30.6. The molecule has 0 bridgehead atoms. The maximum Gasteiger partial charge on any atom is 0.280 e. The summed E-state index contributed by atoms with van der Waals surface area (Å²) in [6.45, 7) is 5.72. The number of nitrogens with one attached hydrogen (secondary N) is 1. The van der Waals surface area contributed by atoms with Crippen molar-refractivity contribution in [1.82, 2.24) is 14.3 Å². The molecule has 0 saturated carbocycles. The van der Waals surface area contributed by atoms with Crippen LogP contribution in [0.5, 0.6) is 5.75 Å². The number of rotatable bonds is 5. The Balaban J connectivity index is 1.78. The van der Waals surface area contributed by atoms with Crippen molar-refractivity contribution in [2.24, 2.45) is 0 Å². The number of amides is 1. The van der Waals surface area contributed by atoms with Crippen LogP contribution in [-0.4, -0.2) is 27.4 Å².